The van der Waals surface area contributed by atoms with Gasteiger partial charge in [0.2, 0.25) is 0 Å². The van der Waals surface area contributed by atoms with E-state index in [9.17, 15) is 4.79 Å². The number of rotatable bonds is 5. The number of amides is 1. The van der Waals surface area contributed by atoms with Crippen LogP contribution in [0.5, 0.6) is 0 Å². The molecule has 2 fully saturated rings. The van der Waals surface area contributed by atoms with Crippen molar-refractivity contribution in [3.63, 3.8) is 0 Å². The maximum Gasteiger partial charge on any atom is 0.414 e. The molecule has 27 heavy (non-hydrogen) atoms. The van der Waals surface area contributed by atoms with Crippen LogP contribution in [0.4, 0.5) is 16.2 Å². The highest BCUT2D eigenvalue weighted by Crippen LogP contribution is 2.26. The Morgan fingerprint density at radius 3 is 2.41 bits per heavy atom. The fourth-order valence-corrected chi connectivity index (χ4v) is 4.16. The van der Waals surface area contributed by atoms with Crippen LogP contribution in [0, 0.1) is 5.92 Å². The Labute approximate surface area is 160 Å². The summed E-state index contributed by atoms with van der Waals surface area (Å²) in [5.41, 5.74) is 8.89. The number of ether oxygens (including phenoxy) is 1. The molecule has 142 valence electrons. The third-order valence-electron chi connectivity index (χ3n) is 5.68. The third kappa shape index (κ3) is 4.25. The van der Waals surface area contributed by atoms with E-state index < -0.39 is 0 Å². The van der Waals surface area contributed by atoms with Gasteiger partial charge in [-0.3, -0.25) is 4.90 Å². The van der Waals surface area contributed by atoms with Crippen LogP contribution in [0.25, 0.3) is 0 Å². The van der Waals surface area contributed by atoms with Gasteiger partial charge in [-0.2, -0.15) is 0 Å². The summed E-state index contributed by atoms with van der Waals surface area (Å²) in [6.07, 6.45) is 3.27. The first-order valence-corrected chi connectivity index (χ1v) is 9.77. The molecule has 0 spiro atoms. The quantitative estimate of drug-likeness (QED) is 0.823. The maximum atomic E-state index is 12.2. The first kappa shape index (κ1) is 17.9. The summed E-state index contributed by atoms with van der Waals surface area (Å²) < 4.78 is 5.33. The van der Waals surface area contributed by atoms with E-state index in [0.29, 0.717) is 6.61 Å². The molecule has 2 aliphatic heterocycles. The molecule has 5 nitrogen and oxygen atoms in total. The second kappa shape index (κ2) is 8.01. The molecule has 1 atom stereocenters. The molecule has 0 radical (unpaired) electrons. The SMILES string of the molecule is Nc1ccc(CC2CCN(CC3COC(=O)N3c3ccccc3)CC2)cc1. The topological polar surface area (TPSA) is 58.8 Å². The summed E-state index contributed by atoms with van der Waals surface area (Å²) in [4.78, 5) is 16.5. The minimum atomic E-state index is -0.232. The lowest BCUT2D eigenvalue weighted by atomic mass is 9.90. The fourth-order valence-electron chi connectivity index (χ4n) is 4.16. The predicted octanol–water partition coefficient (Wildman–Crippen LogP) is 3.55. The molecule has 2 aromatic rings. The molecule has 0 saturated carbocycles. The molecule has 2 N–H and O–H groups in total. The van der Waals surface area contributed by atoms with Gasteiger partial charge in [0.1, 0.15) is 6.61 Å². The van der Waals surface area contributed by atoms with E-state index in [1.165, 1.54) is 18.4 Å². The minimum absolute atomic E-state index is 0.0912. The molecule has 5 heteroatoms. The minimum Gasteiger partial charge on any atom is -0.447 e. The highest BCUT2D eigenvalue weighted by atomic mass is 16.6. The molecule has 4 rings (SSSR count). The summed E-state index contributed by atoms with van der Waals surface area (Å²) in [7, 11) is 0. The van der Waals surface area contributed by atoms with Gasteiger partial charge in [0, 0.05) is 17.9 Å². The van der Waals surface area contributed by atoms with Gasteiger partial charge in [-0.05, 0) is 68.1 Å². The zero-order valence-electron chi connectivity index (χ0n) is 15.6. The van der Waals surface area contributed by atoms with Crippen LogP contribution < -0.4 is 10.6 Å². The Morgan fingerprint density at radius 2 is 1.70 bits per heavy atom. The standard InChI is InChI=1S/C22H27N3O2/c23-19-8-6-17(7-9-19)14-18-10-12-24(13-11-18)15-21-16-27-22(26)25(21)20-4-2-1-3-5-20/h1-9,18,21H,10-16,23H2. The number of cyclic esters (lactones) is 1. The average molecular weight is 365 g/mol. The lowest BCUT2D eigenvalue weighted by Gasteiger charge is -2.34. The lowest BCUT2D eigenvalue weighted by Crippen LogP contribution is -2.45. The van der Waals surface area contributed by atoms with E-state index in [2.05, 4.69) is 17.0 Å². The molecule has 0 bridgehead atoms. The van der Waals surface area contributed by atoms with Crippen molar-refractivity contribution in [2.45, 2.75) is 25.3 Å². The number of nitrogens with two attached hydrogens (primary N) is 1. The van der Waals surface area contributed by atoms with Crippen LogP contribution >= 0.6 is 0 Å². The highest BCUT2D eigenvalue weighted by molar-refractivity contribution is 5.90. The monoisotopic (exact) mass is 365 g/mol. The predicted molar refractivity (Wildman–Crippen MR) is 108 cm³/mol. The van der Waals surface area contributed by atoms with Crippen molar-refractivity contribution >= 4 is 17.5 Å². The highest BCUT2D eigenvalue weighted by Gasteiger charge is 2.35. The first-order chi connectivity index (χ1) is 13.2. The van der Waals surface area contributed by atoms with E-state index in [1.807, 2.05) is 42.5 Å². The van der Waals surface area contributed by atoms with Gasteiger partial charge < -0.3 is 15.4 Å². The third-order valence-corrected chi connectivity index (χ3v) is 5.68. The van der Waals surface area contributed by atoms with Gasteiger partial charge in [-0.25, -0.2) is 4.79 Å². The van der Waals surface area contributed by atoms with E-state index >= 15 is 0 Å². The molecular formula is C22H27N3O2. The Morgan fingerprint density at radius 1 is 1.00 bits per heavy atom. The number of benzene rings is 2. The summed E-state index contributed by atoms with van der Waals surface area (Å²) in [6.45, 7) is 3.49. The van der Waals surface area contributed by atoms with E-state index in [0.717, 1.165) is 43.3 Å². The Kier molecular flexibility index (Phi) is 5.30. The van der Waals surface area contributed by atoms with Gasteiger partial charge in [-0.15, -0.1) is 0 Å². The number of nitrogen functional groups attached to an aromatic ring is 1. The number of piperidine rings is 1. The fraction of sp³-hybridized carbons (Fsp3) is 0.409. The second-order valence-electron chi connectivity index (χ2n) is 7.63. The van der Waals surface area contributed by atoms with Crippen LogP contribution in [-0.4, -0.2) is 43.3 Å². The van der Waals surface area contributed by atoms with Crippen LogP contribution in [0.15, 0.2) is 54.6 Å². The summed E-state index contributed by atoms with van der Waals surface area (Å²) >= 11 is 0. The molecule has 1 unspecified atom stereocenters. The Balaban J connectivity index is 1.31. The van der Waals surface area contributed by atoms with Crippen molar-refractivity contribution in [2.24, 2.45) is 5.92 Å². The van der Waals surface area contributed by atoms with Crippen molar-refractivity contribution in [3.8, 4) is 0 Å². The zero-order chi connectivity index (χ0) is 18.6. The van der Waals surface area contributed by atoms with Crippen molar-refractivity contribution in [2.75, 3.05) is 36.9 Å². The smallest absolute Gasteiger partial charge is 0.414 e. The van der Waals surface area contributed by atoms with Crippen LogP contribution in [0.1, 0.15) is 18.4 Å². The van der Waals surface area contributed by atoms with Gasteiger partial charge in [0.15, 0.2) is 0 Å². The summed E-state index contributed by atoms with van der Waals surface area (Å²) in [5, 5.41) is 0. The molecule has 2 saturated heterocycles. The zero-order valence-corrected chi connectivity index (χ0v) is 15.6. The van der Waals surface area contributed by atoms with Crippen LogP contribution in [0.3, 0.4) is 0 Å². The van der Waals surface area contributed by atoms with Gasteiger partial charge >= 0.3 is 6.09 Å². The average Bonchev–Trinajstić information content (AvgIpc) is 3.06. The van der Waals surface area contributed by atoms with E-state index in [1.54, 1.807) is 4.90 Å². The van der Waals surface area contributed by atoms with Crippen molar-refractivity contribution in [1.82, 2.24) is 4.90 Å². The van der Waals surface area contributed by atoms with Gasteiger partial charge in [0.25, 0.3) is 0 Å². The number of likely N-dealkylation sites (tertiary alicyclic amines) is 1. The molecule has 2 aliphatic rings. The Bertz CT molecular complexity index is 755. The number of para-hydroxylation sites is 1. The van der Waals surface area contributed by atoms with E-state index in [4.69, 9.17) is 10.5 Å². The second-order valence-corrected chi connectivity index (χ2v) is 7.63. The van der Waals surface area contributed by atoms with Crippen LogP contribution in [-0.2, 0) is 11.2 Å². The largest absolute Gasteiger partial charge is 0.447 e. The normalized spacial score (nSPS) is 21.4. The first-order valence-electron chi connectivity index (χ1n) is 9.77. The molecule has 0 aromatic heterocycles. The number of carbonyl (C=O) groups excluding carboxylic acids is 1. The molecule has 1 amide bonds. The van der Waals surface area contributed by atoms with E-state index in [-0.39, 0.29) is 12.1 Å². The van der Waals surface area contributed by atoms with Crippen molar-refractivity contribution in [3.05, 3.63) is 60.2 Å². The molecule has 2 heterocycles. The number of hydrogen-bond donors (Lipinski definition) is 1. The number of nitrogens with zero attached hydrogens (tertiary/aromatic N) is 2. The molecule has 2 aromatic carbocycles. The van der Waals surface area contributed by atoms with Crippen LogP contribution in [0.2, 0.25) is 0 Å². The maximum absolute atomic E-state index is 12.2. The molecular weight excluding hydrogens is 338 g/mol. The number of carbonyl (C=O) groups is 1. The number of hydrogen-bond acceptors (Lipinski definition) is 4. The summed E-state index contributed by atoms with van der Waals surface area (Å²) in [5.74, 6) is 0.719. The van der Waals surface area contributed by atoms with Crippen molar-refractivity contribution < 1.29 is 9.53 Å². The number of anilines is 2. The molecule has 0 aliphatic carbocycles. The lowest BCUT2D eigenvalue weighted by molar-refractivity contribution is 0.160. The summed E-state index contributed by atoms with van der Waals surface area (Å²) in [6, 6.07) is 18.2. The van der Waals surface area contributed by atoms with Gasteiger partial charge in [-0.1, -0.05) is 30.3 Å². The Hall–Kier alpha value is -2.53. The van der Waals surface area contributed by atoms with Crippen molar-refractivity contribution in [1.29, 1.82) is 0 Å². The van der Waals surface area contributed by atoms with Gasteiger partial charge in [0.05, 0.1) is 6.04 Å².